The van der Waals surface area contributed by atoms with E-state index in [0.29, 0.717) is 6.04 Å². The summed E-state index contributed by atoms with van der Waals surface area (Å²) in [6.45, 7) is 2.09. The van der Waals surface area contributed by atoms with Crippen molar-refractivity contribution in [2.75, 3.05) is 13.1 Å². The van der Waals surface area contributed by atoms with Crippen molar-refractivity contribution in [3.05, 3.63) is 0 Å². The Bertz CT molecular complexity index is 374. The maximum absolute atomic E-state index is 12.3. The highest BCUT2D eigenvalue weighted by Gasteiger charge is 2.30. The second kappa shape index (κ2) is 8.48. The molecule has 1 amide bonds. The molecule has 0 aromatic carbocycles. The second-order valence-electron chi connectivity index (χ2n) is 7.91. The van der Waals surface area contributed by atoms with Crippen LogP contribution in [0.4, 0.5) is 0 Å². The van der Waals surface area contributed by atoms with E-state index < -0.39 is 0 Å². The van der Waals surface area contributed by atoms with Crippen LogP contribution in [-0.4, -0.2) is 47.2 Å². The predicted molar refractivity (Wildman–Crippen MR) is 92.2 cm³/mol. The van der Waals surface area contributed by atoms with Crippen LogP contribution in [0.5, 0.6) is 0 Å². The van der Waals surface area contributed by atoms with Gasteiger partial charge in [-0.15, -0.1) is 0 Å². The standard InChI is InChI=1S/C19H34N2O2/c22-18-10-8-15(9-11-18)19(23)20-13-12-17-7-3-4-14-21(17)16-5-1-2-6-16/h15-18,22H,1-14H2,(H,20,23). The van der Waals surface area contributed by atoms with Gasteiger partial charge < -0.3 is 10.4 Å². The summed E-state index contributed by atoms with van der Waals surface area (Å²) >= 11 is 0. The molecule has 23 heavy (non-hydrogen) atoms. The van der Waals surface area contributed by atoms with Crippen LogP contribution >= 0.6 is 0 Å². The lowest BCUT2D eigenvalue weighted by molar-refractivity contribution is -0.126. The highest BCUT2D eigenvalue weighted by Crippen LogP contribution is 2.30. The van der Waals surface area contributed by atoms with Crippen LogP contribution in [0.2, 0.25) is 0 Å². The van der Waals surface area contributed by atoms with Crippen LogP contribution in [-0.2, 0) is 4.79 Å². The van der Waals surface area contributed by atoms with E-state index in [1.54, 1.807) is 0 Å². The van der Waals surface area contributed by atoms with Crippen molar-refractivity contribution < 1.29 is 9.90 Å². The van der Waals surface area contributed by atoms with Gasteiger partial charge in [0.05, 0.1) is 6.10 Å². The summed E-state index contributed by atoms with van der Waals surface area (Å²) in [7, 11) is 0. The van der Waals surface area contributed by atoms with E-state index in [9.17, 15) is 9.90 Å². The fourth-order valence-electron chi connectivity index (χ4n) is 4.89. The lowest BCUT2D eigenvalue weighted by Gasteiger charge is -2.40. The predicted octanol–water partition coefficient (Wildman–Crippen LogP) is 2.84. The Morgan fingerprint density at radius 1 is 0.957 bits per heavy atom. The van der Waals surface area contributed by atoms with Crippen LogP contribution in [0.25, 0.3) is 0 Å². The largest absolute Gasteiger partial charge is 0.393 e. The quantitative estimate of drug-likeness (QED) is 0.818. The van der Waals surface area contributed by atoms with Crippen LogP contribution in [0.3, 0.4) is 0 Å². The smallest absolute Gasteiger partial charge is 0.223 e. The molecule has 2 saturated carbocycles. The van der Waals surface area contributed by atoms with Crippen LogP contribution in [0.15, 0.2) is 0 Å². The first-order valence-corrected chi connectivity index (χ1v) is 9.95. The molecule has 1 saturated heterocycles. The number of piperidine rings is 1. The Labute approximate surface area is 141 Å². The van der Waals surface area contributed by atoms with Crippen molar-refractivity contribution in [1.29, 1.82) is 0 Å². The third kappa shape index (κ3) is 4.69. The lowest BCUT2D eigenvalue weighted by Crippen LogP contribution is -2.46. The molecule has 1 aliphatic heterocycles. The Morgan fingerprint density at radius 3 is 2.39 bits per heavy atom. The molecule has 0 bridgehead atoms. The van der Waals surface area contributed by atoms with Gasteiger partial charge in [0, 0.05) is 24.5 Å². The van der Waals surface area contributed by atoms with E-state index in [1.165, 1.54) is 51.5 Å². The summed E-state index contributed by atoms with van der Waals surface area (Å²) in [5.74, 6) is 0.357. The van der Waals surface area contributed by atoms with Gasteiger partial charge >= 0.3 is 0 Å². The van der Waals surface area contributed by atoms with Crippen molar-refractivity contribution in [2.24, 2.45) is 5.92 Å². The summed E-state index contributed by atoms with van der Waals surface area (Å²) < 4.78 is 0. The summed E-state index contributed by atoms with van der Waals surface area (Å²) in [5, 5.41) is 12.7. The minimum Gasteiger partial charge on any atom is -0.393 e. The van der Waals surface area contributed by atoms with Gasteiger partial charge in [-0.05, 0) is 64.3 Å². The zero-order valence-electron chi connectivity index (χ0n) is 14.5. The summed E-state index contributed by atoms with van der Waals surface area (Å²) in [6.07, 6.45) is 13.8. The molecule has 0 spiro atoms. The molecule has 3 fully saturated rings. The number of hydrogen-bond donors (Lipinski definition) is 2. The molecule has 132 valence electrons. The van der Waals surface area contributed by atoms with E-state index in [4.69, 9.17) is 0 Å². The minimum absolute atomic E-state index is 0.135. The van der Waals surface area contributed by atoms with E-state index in [0.717, 1.165) is 44.7 Å². The van der Waals surface area contributed by atoms with Gasteiger partial charge in [-0.1, -0.05) is 19.3 Å². The topological polar surface area (TPSA) is 52.6 Å². The maximum atomic E-state index is 12.3. The fourth-order valence-corrected chi connectivity index (χ4v) is 4.89. The van der Waals surface area contributed by atoms with Gasteiger partial charge in [-0.25, -0.2) is 0 Å². The third-order valence-electron chi connectivity index (χ3n) is 6.31. The molecule has 1 unspecified atom stereocenters. The van der Waals surface area contributed by atoms with Gasteiger partial charge in [0.25, 0.3) is 0 Å². The number of rotatable bonds is 5. The first kappa shape index (κ1) is 17.2. The van der Waals surface area contributed by atoms with E-state index in [-0.39, 0.29) is 17.9 Å². The Balaban J connectivity index is 1.40. The first-order chi connectivity index (χ1) is 11.2. The second-order valence-corrected chi connectivity index (χ2v) is 7.91. The molecule has 2 aliphatic carbocycles. The summed E-state index contributed by atoms with van der Waals surface area (Å²) in [6, 6.07) is 1.50. The van der Waals surface area contributed by atoms with Gasteiger partial charge in [0.15, 0.2) is 0 Å². The van der Waals surface area contributed by atoms with E-state index in [1.807, 2.05) is 0 Å². The van der Waals surface area contributed by atoms with Crippen molar-refractivity contribution >= 4 is 5.91 Å². The highest BCUT2D eigenvalue weighted by atomic mass is 16.3. The Morgan fingerprint density at radius 2 is 1.65 bits per heavy atom. The normalized spacial score (nSPS) is 33.7. The Kier molecular flexibility index (Phi) is 6.35. The molecule has 3 rings (SSSR count). The number of hydrogen-bond acceptors (Lipinski definition) is 3. The molecule has 1 heterocycles. The zero-order chi connectivity index (χ0) is 16.1. The van der Waals surface area contributed by atoms with Crippen molar-refractivity contribution in [2.45, 2.75) is 95.2 Å². The molecule has 0 radical (unpaired) electrons. The van der Waals surface area contributed by atoms with Gasteiger partial charge in [0.2, 0.25) is 5.91 Å². The van der Waals surface area contributed by atoms with Crippen LogP contribution in [0, 0.1) is 5.92 Å². The SMILES string of the molecule is O=C(NCCC1CCCCN1C1CCCC1)C1CCC(O)CC1. The number of nitrogens with zero attached hydrogens (tertiary/aromatic N) is 1. The molecule has 3 aliphatic rings. The average Bonchev–Trinajstić information content (AvgIpc) is 3.10. The van der Waals surface area contributed by atoms with Crippen LogP contribution in [0.1, 0.15) is 77.0 Å². The third-order valence-corrected chi connectivity index (χ3v) is 6.31. The van der Waals surface area contributed by atoms with E-state index in [2.05, 4.69) is 10.2 Å². The van der Waals surface area contributed by atoms with Crippen molar-refractivity contribution in [3.63, 3.8) is 0 Å². The Hall–Kier alpha value is -0.610. The number of nitrogens with one attached hydrogen (secondary N) is 1. The summed E-state index contributed by atoms with van der Waals surface area (Å²) in [5.41, 5.74) is 0. The molecule has 4 heteroatoms. The number of carbonyl (C=O) groups excluding carboxylic acids is 1. The summed E-state index contributed by atoms with van der Waals surface area (Å²) in [4.78, 5) is 15.0. The molecule has 2 N–H and O–H groups in total. The monoisotopic (exact) mass is 322 g/mol. The molecule has 0 aromatic rings. The maximum Gasteiger partial charge on any atom is 0.223 e. The molecule has 1 atom stereocenters. The van der Waals surface area contributed by atoms with E-state index >= 15 is 0 Å². The molecular formula is C19H34N2O2. The van der Waals surface area contributed by atoms with Crippen molar-refractivity contribution in [3.8, 4) is 0 Å². The number of aliphatic hydroxyl groups excluding tert-OH is 1. The first-order valence-electron chi connectivity index (χ1n) is 9.95. The number of likely N-dealkylation sites (tertiary alicyclic amines) is 1. The highest BCUT2D eigenvalue weighted by molar-refractivity contribution is 5.78. The molecule has 4 nitrogen and oxygen atoms in total. The minimum atomic E-state index is -0.179. The molecular weight excluding hydrogens is 288 g/mol. The van der Waals surface area contributed by atoms with Gasteiger partial charge in [-0.3, -0.25) is 9.69 Å². The number of amides is 1. The van der Waals surface area contributed by atoms with Gasteiger partial charge in [-0.2, -0.15) is 0 Å². The number of carbonyl (C=O) groups is 1. The van der Waals surface area contributed by atoms with Crippen molar-refractivity contribution in [1.82, 2.24) is 10.2 Å². The number of aliphatic hydroxyl groups is 1. The zero-order valence-corrected chi connectivity index (χ0v) is 14.5. The van der Waals surface area contributed by atoms with Gasteiger partial charge in [0.1, 0.15) is 0 Å². The fraction of sp³-hybridized carbons (Fsp3) is 0.947. The van der Waals surface area contributed by atoms with Crippen LogP contribution < -0.4 is 5.32 Å². The lowest BCUT2D eigenvalue weighted by atomic mass is 9.87. The average molecular weight is 322 g/mol. The molecule has 0 aromatic heterocycles.